The summed E-state index contributed by atoms with van der Waals surface area (Å²) >= 11 is 3.67. The summed E-state index contributed by atoms with van der Waals surface area (Å²) in [5, 5.41) is 7.91. The van der Waals surface area contributed by atoms with Crippen LogP contribution in [0.4, 0.5) is 0 Å². The lowest BCUT2D eigenvalue weighted by Gasteiger charge is -2.43. The molecule has 3 rings (SSSR count). The SMILES string of the molecule is Cn1ccc(CC2(c3ccccc3Br)CNC2)n1. The highest BCUT2D eigenvalue weighted by Gasteiger charge is 2.40. The third-order valence-corrected chi connectivity index (χ3v) is 4.35. The third kappa shape index (κ3) is 1.99. The molecule has 0 bridgehead atoms. The first-order chi connectivity index (χ1) is 8.70. The molecular weight excluding hydrogens is 290 g/mol. The molecule has 0 spiro atoms. The van der Waals surface area contributed by atoms with Crippen molar-refractivity contribution in [2.75, 3.05) is 13.1 Å². The van der Waals surface area contributed by atoms with Gasteiger partial charge in [-0.3, -0.25) is 4.68 Å². The summed E-state index contributed by atoms with van der Waals surface area (Å²) in [7, 11) is 1.97. The Hall–Kier alpha value is -1.13. The van der Waals surface area contributed by atoms with Crippen LogP contribution in [0.5, 0.6) is 0 Å². The van der Waals surface area contributed by atoms with Gasteiger partial charge < -0.3 is 5.32 Å². The molecule has 18 heavy (non-hydrogen) atoms. The topological polar surface area (TPSA) is 29.9 Å². The van der Waals surface area contributed by atoms with E-state index in [4.69, 9.17) is 0 Å². The van der Waals surface area contributed by atoms with E-state index in [9.17, 15) is 0 Å². The number of hydrogen-bond acceptors (Lipinski definition) is 2. The Morgan fingerprint density at radius 3 is 2.67 bits per heavy atom. The smallest absolute Gasteiger partial charge is 0.0634 e. The van der Waals surface area contributed by atoms with Crippen LogP contribution < -0.4 is 5.32 Å². The lowest BCUT2D eigenvalue weighted by molar-refractivity contribution is 0.271. The largest absolute Gasteiger partial charge is 0.315 e. The van der Waals surface area contributed by atoms with Crippen molar-refractivity contribution in [2.24, 2.45) is 7.05 Å². The van der Waals surface area contributed by atoms with Gasteiger partial charge in [0.05, 0.1) is 5.69 Å². The van der Waals surface area contributed by atoms with Crippen molar-refractivity contribution in [1.29, 1.82) is 0 Å². The molecular formula is C14H16BrN3. The van der Waals surface area contributed by atoms with Crippen LogP contribution in [0.25, 0.3) is 0 Å². The summed E-state index contributed by atoms with van der Waals surface area (Å²) in [6.45, 7) is 2.04. The second-order valence-corrected chi connectivity index (χ2v) is 5.88. The molecule has 2 aromatic rings. The number of nitrogens with zero attached hydrogens (tertiary/aromatic N) is 2. The minimum atomic E-state index is 0.189. The van der Waals surface area contributed by atoms with Gasteiger partial charge in [-0.2, -0.15) is 5.10 Å². The van der Waals surface area contributed by atoms with Gasteiger partial charge in [0.25, 0.3) is 0 Å². The summed E-state index contributed by atoms with van der Waals surface area (Å²) in [6, 6.07) is 10.6. The molecule has 0 atom stereocenters. The first-order valence-corrected chi connectivity index (χ1v) is 6.93. The van der Waals surface area contributed by atoms with E-state index in [2.05, 4.69) is 56.7 Å². The zero-order valence-electron chi connectivity index (χ0n) is 10.4. The van der Waals surface area contributed by atoms with Gasteiger partial charge in [-0.15, -0.1) is 0 Å². The molecule has 1 fully saturated rings. The predicted octanol–water partition coefficient (Wildman–Crippen LogP) is 2.27. The fourth-order valence-corrected chi connectivity index (χ4v) is 3.34. The van der Waals surface area contributed by atoms with Gasteiger partial charge in [0.2, 0.25) is 0 Å². The van der Waals surface area contributed by atoms with Gasteiger partial charge >= 0.3 is 0 Å². The average molecular weight is 306 g/mol. The number of hydrogen-bond donors (Lipinski definition) is 1. The standard InChI is InChI=1S/C14H16BrN3/c1-18-7-6-11(17-18)8-14(9-16-10-14)12-4-2-3-5-13(12)15/h2-7,16H,8-10H2,1H3. The Balaban J connectivity index is 1.93. The van der Waals surface area contributed by atoms with Crippen molar-refractivity contribution in [3.8, 4) is 0 Å². The molecule has 0 aliphatic carbocycles. The van der Waals surface area contributed by atoms with Crippen molar-refractivity contribution in [3.63, 3.8) is 0 Å². The van der Waals surface area contributed by atoms with Gasteiger partial charge in [0.15, 0.2) is 0 Å². The molecule has 1 N–H and O–H groups in total. The molecule has 1 saturated heterocycles. The van der Waals surface area contributed by atoms with E-state index in [-0.39, 0.29) is 5.41 Å². The molecule has 0 saturated carbocycles. The van der Waals surface area contributed by atoms with E-state index in [0.29, 0.717) is 0 Å². The van der Waals surface area contributed by atoms with Crippen LogP contribution in [0.1, 0.15) is 11.3 Å². The Morgan fingerprint density at radius 2 is 2.11 bits per heavy atom. The van der Waals surface area contributed by atoms with Gasteiger partial charge in [0.1, 0.15) is 0 Å². The van der Waals surface area contributed by atoms with Crippen LogP contribution in [-0.2, 0) is 18.9 Å². The number of nitrogens with one attached hydrogen (secondary N) is 1. The molecule has 94 valence electrons. The second kappa shape index (κ2) is 4.52. The average Bonchev–Trinajstić information content (AvgIpc) is 2.71. The minimum absolute atomic E-state index is 0.189. The van der Waals surface area contributed by atoms with Crippen LogP contribution in [0.15, 0.2) is 41.0 Å². The highest BCUT2D eigenvalue weighted by molar-refractivity contribution is 9.10. The van der Waals surface area contributed by atoms with Crippen LogP contribution in [-0.4, -0.2) is 22.9 Å². The van der Waals surface area contributed by atoms with Crippen LogP contribution in [0, 0.1) is 0 Å². The molecule has 1 aromatic carbocycles. The maximum Gasteiger partial charge on any atom is 0.0634 e. The first kappa shape index (κ1) is 11.9. The first-order valence-electron chi connectivity index (χ1n) is 6.14. The van der Waals surface area contributed by atoms with E-state index in [1.165, 1.54) is 10.0 Å². The summed E-state index contributed by atoms with van der Waals surface area (Å²) in [5.74, 6) is 0. The van der Waals surface area contributed by atoms with Crippen molar-refractivity contribution < 1.29 is 0 Å². The quantitative estimate of drug-likeness (QED) is 0.943. The number of aromatic nitrogens is 2. The second-order valence-electron chi connectivity index (χ2n) is 5.02. The van der Waals surface area contributed by atoms with E-state index in [0.717, 1.165) is 25.2 Å². The highest BCUT2D eigenvalue weighted by Crippen LogP contribution is 2.36. The molecule has 4 heteroatoms. The fourth-order valence-electron chi connectivity index (χ4n) is 2.63. The molecule has 2 heterocycles. The number of halogens is 1. The van der Waals surface area contributed by atoms with E-state index >= 15 is 0 Å². The van der Waals surface area contributed by atoms with Crippen molar-refractivity contribution in [2.45, 2.75) is 11.8 Å². The third-order valence-electron chi connectivity index (χ3n) is 3.66. The van der Waals surface area contributed by atoms with E-state index in [1.807, 2.05) is 17.9 Å². The summed E-state index contributed by atoms with van der Waals surface area (Å²) < 4.78 is 3.07. The lowest BCUT2D eigenvalue weighted by atomic mass is 9.72. The summed E-state index contributed by atoms with van der Waals surface area (Å²) in [4.78, 5) is 0. The molecule has 1 aromatic heterocycles. The maximum absolute atomic E-state index is 4.51. The molecule has 1 aliphatic rings. The fraction of sp³-hybridized carbons (Fsp3) is 0.357. The van der Waals surface area contributed by atoms with Crippen molar-refractivity contribution in [3.05, 3.63) is 52.3 Å². The Bertz CT molecular complexity index is 558. The monoisotopic (exact) mass is 305 g/mol. The molecule has 0 amide bonds. The summed E-state index contributed by atoms with van der Waals surface area (Å²) in [6.07, 6.45) is 3.00. The zero-order valence-corrected chi connectivity index (χ0v) is 11.9. The maximum atomic E-state index is 4.51. The summed E-state index contributed by atoms with van der Waals surface area (Å²) in [5.41, 5.74) is 2.73. The highest BCUT2D eigenvalue weighted by atomic mass is 79.9. The Morgan fingerprint density at radius 1 is 1.33 bits per heavy atom. The predicted molar refractivity (Wildman–Crippen MR) is 75.6 cm³/mol. The number of aryl methyl sites for hydroxylation is 1. The Labute approximate surface area is 115 Å². The normalized spacial score (nSPS) is 17.4. The molecule has 3 nitrogen and oxygen atoms in total. The molecule has 1 aliphatic heterocycles. The minimum Gasteiger partial charge on any atom is -0.315 e. The van der Waals surface area contributed by atoms with Gasteiger partial charge in [-0.05, 0) is 17.7 Å². The van der Waals surface area contributed by atoms with E-state index < -0.39 is 0 Å². The zero-order chi connectivity index (χ0) is 12.6. The van der Waals surface area contributed by atoms with Crippen LogP contribution in [0.3, 0.4) is 0 Å². The van der Waals surface area contributed by atoms with Crippen LogP contribution in [0.2, 0.25) is 0 Å². The lowest BCUT2D eigenvalue weighted by Crippen LogP contribution is -2.58. The van der Waals surface area contributed by atoms with Crippen LogP contribution >= 0.6 is 15.9 Å². The van der Waals surface area contributed by atoms with E-state index in [1.54, 1.807) is 0 Å². The van der Waals surface area contributed by atoms with Gasteiger partial charge in [-0.1, -0.05) is 34.1 Å². The number of benzene rings is 1. The van der Waals surface area contributed by atoms with Gasteiger partial charge in [-0.25, -0.2) is 0 Å². The number of rotatable bonds is 3. The van der Waals surface area contributed by atoms with Crippen molar-refractivity contribution >= 4 is 15.9 Å². The van der Waals surface area contributed by atoms with Gasteiger partial charge in [0, 0.05) is 42.6 Å². The molecule has 0 unspecified atom stereocenters. The van der Waals surface area contributed by atoms with Crippen molar-refractivity contribution in [1.82, 2.24) is 15.1 Å². The molecule has 0 radical (unpaired) electrons. The Kier molecular flexibility index (Phi) is 2.99.